The van der Waals surface area contributed by atoms with Crippen molar-refractivity contribution in [2.45, 2.75) is 38.1 Å². The van der Waals surface area contributed by atoms with Gasteiger partial charge in [-0.05, 0) is 50.3 Å². The zero-order valence-electron chi connectivity index (χ0n) is 14.8. The van der Waals surface area contributed by atoms with E-state index >= 15 is 0 Å². The summed E-state index contributed by atoms with van der Waals surface area (Å²) in [5.74, 6) is -0.246. The molecule has 0 spiro atoms. The number of esters is 1. The Morgan fingerprint density at radius 1 is 1.29 bits per heavy atom. The van der Waals surface area contributed by atoms with Crippen LogP contribution in [0.3, 0.4) is 0 Å². The normalized spacial score (nSPS) is 18.7. The fourth-order valence-corrected chi connectivity index (χ4v) is 3.54. The van der Waals surface area contributed by atoms with Gasteiger partial charge in [0.05, 0.1) is 25.0 Å². The van der Waals surface area contributed by atoms with E-state index < -0.39 is 0 Å². The molecular formula is C19H28N2O3. The molecule has 1 aliphatic carbocycles. The van der Waals surface area contributed by atoms with E-state index in [0.717, 1.165) is 44.8 Å². The van der Waals surface area contributed by atoms with Crippen molar-refractivity contribution in [2.24, 2.45) is 0 Å². The molecule has 1 heterocycles. The molecule has 1 saturated carbocycles. The maximum absolute atomic E-state index is 12.3. The molecule has 0 atom stereocenters. The Balaban J connectivity index is 1.80. The van der Waals surface area contributed by atoms with Crippen LogP contribution in [0.5, 0.6) is 0 Å². The highest BCUT2D eigenvalue weighted by Crippen LogP contribution is 2.46. The van der Waals surface area contributed by atoms with E-state index in [4.69, 9.17) is 9.47 Å². The molecule has 0 aromatic heterocycles. The van der Waals surface area contributed by atoms with E-state index in [1.807, 2.05) is 13.0 Å². The fourth-order valence-electron chi connectivity index (χ4n) is 3.54. The highest BCUT2D eigenvalue weighted by molar-refractivity contribution is 5.96. The van der Waals surface area contributed by atoms with Crippen molar-refractivity contribution >= 4 is 11.7 Å². The summed E-state index contributed by atoms with van der Waals surface area (Å²) in [7, 11) is 1.45. The average Bonchev–Trinajstić information content (AvgIpc) is 3.21. The number of ether oxygens (including phenoxy) is 2. The lowest BCUT2D eigenvalue weighted by molar-refractivity contribution is 0.0601. The minimum Gasteiger partial charge on any atom is -0.465 e. The van der Waals surface area contributed by atoms with Crippen LogP contribution in [0.25, 0.3) is 0 Å². The van der Waals surface area contributed by atoms with E-state index in [9.17, 15) is 4.79 Å². The minimum atomic E-state index is -0.246. The average molecular weight is 332 g/mol. The first-order chi connectivity index (χ1) is 11.7. The molecule has 0 amide bonds. The van der Waals surface area contributed by atoms with Crippen molar-refractivity contribution in [3.8, 4) is 0 Å². The van der Waals surface area contributed by atoms with Crippen LogP contribution in [0.1, 0.15) is 48.5 Å². The summed E-state index contributed by atoms with van der Waals surface area (Å²) in [6.45, 7) is 6.32. The van der Waals surface area contributed by atoms with E-state index in [2.05, 4.69) is 22.3 Å². The van der Waals surface area contributed by atoms with Gasteiger partial charge in [-0.3, -0.25) is 0 Å². The second-order valence-corrected chi connectivity index (χ2v) is 6.62. The Kier molecular flexibility index (Phi) is 5.41. The molecule has 0 bridgehead atoms. The largest absolute Gasteiger partial charge is 0.465 e. The van der Waals surface area contributed by atoms with Gasteiger partial charge in [0, 0.05) is 31.8 Å². The third-order valence-electron chi connectivity index (χ3n) is 5.07. The summed E-state index contributed by atoms with van der Waals surface area (Å²) < 4.78 is 10.4. The number of hydrogen-bond acceptors (Lipinski definition) is 5. The Morgan fingerprint density at radius 2 is 2.04 bits per heavy atom. The standard InChI is InChI=1S/C19H28N2O3/c1-3-24-13-10-20-19(8-9-19)15-6-7-17(21-11-4-5-12-21)16(14-15)18(22)23-2/h6-7,14,20H,3-5,8-13H2,1-2H3. The lowest BCUT2D eigenvalue weighted by atomic mass is 10.00. The van der Waals surface area contributed by atoms with Crippen LogP contribution >= 0.6 is 0 Å². The summed E-state index contributed by atoms with van der Waals surface area (Å²) in [5.41, 5.74) is 2.88. The van der Waals surface area contributed by atoms with Gasteiger partial charge in [-0.2, -0.15) is 0 Å². The first-order valence-electron chi connectivity index (χ1n) is 9.01. The molecule has 0 radical (unpaired) electrons. The van der Waals surface area contributed by atoms with Crippen molar-refractivity contribution in [1.29, 1.82) is 0 Å². The van der Waals surface area contributed by atoms with Crippen LogP contribution in [-0.2, 0) is 15.0 Å². The summed E-state index contributed by atoms with van der Waals surface area (Å²) in [6.07, 6.45) is 4.57. The van der Waals surface area contributed by atoms with Crippen LogP contribution in [0, 0.1) is 0 Å². The highest BCUT2D eigenvalue weighted by atomic mass is 16.5. The van der Waals surface area contributed by atoms with Crippen LogP contribution in [0.2, 0.25) is 0 Å². The molecule has 1 aromatic carbocycles. The molecule has 1 aromatic rings. The predicted molar refractivity (Wildman–Crippen MR) is 94.6 cm³/mol. The molecule has 2 fully saturated rings. The van der Waals surface area contributed by atoms with Crippen molar-refractivity contribution in [2.75, 3.05) is 44.9 Å². The summed E-state index contributed by atoms with van der Waals surface area (Å²) in [6, 6.07) is 6.29. The molecule has 1 aliphatic heterocycles. The third kappa shape index (κ3) is 3.57. The molecule has 5 nitrogen and oxygen atoms in total. The predicted octanol–water partition coefficient (Wildman–Crippen LogP) is 2.69. The number of anilines is 1. The highest BCUT2D eigenvalue weighted by Gasteiger charge is 2.44. The maximum atomic E-state index is 12.3. The minimum absolute atomic E-state index is 0.00339. The number of rotatable bonds is 8. The molecule has 1 N–H and O–H groups in total. The Morgan fingerprint density at radius 3 is 2.67 bits per heavy atom. The van der Waals surface area contributed by atoms with E-state index in [0.29, 0.717) is 12.2 Å². The number of benzene rings is 1. The lowest BCUT2D eigenvalue weighted by Crippen LogP contribution is -2.32. The fraction of sp³-hybridized carbons (Fsp3) is 0.632. The van der Waals surface area contributed by atoms with Crippen molar-refractivity contribution in [3.63, 3.8) is 0 Å². The van der Waals surface area contributed by atoms with Crippen LogP contribution in [0.4, 0.5) is 5.69 Å². The van der Waals surface area contributed by atoms with Gasteiger partial charge in [0.2, 0.25) is 0 Å². The van der Waals surface area contributed by atoms with Crippen molar-refractivity contribution < 1.29 is 14.3 Å². The number of nitrogens with zero attached hydrogens (tertiary/aromatic N) is 1. The quantitative estimate of drug-likeness (QED) is 0.586. The van der Waals surface area contributed by atoms with Gasteiger partial charge < -0.3 is 19.7 Å². The number of carbonyl (C=O) groups excluding carboxylic acids is 1. The smallest absolute Gasteiger partial charge is 0.339 e. The van der Waals surface area contributed by atoms with Crippen LogP contribution in [-0.4, -0.2) is 45.9 Å². The summed E-state index contributed by atoms with van der Waals surface area (Å²) in [5, 5.41) is 3.60. The molecule has 3 rings (SSSR count). The van der Waals surface area contributed by atoms with Gasteiger partial charge in [-0.15, -0.1) is 0 Å². The number of hydrogen-bond donors (Lipinski definition) is 1. The molecule has 2 aliphatic rings. The Bertz CT molecular complexity index is 578. The molecular weight excluding hydrogens is 304 g/mol. The van der Waals surface area contributed by atoms with Gasteiger partial charge in [-0.25, -0.2) is 4.79 Å². The van der Waals surface area contributed by atoms with E-state index in [1.54, 1.807) is 0 Å². The number of carbonyl (C=O) groups is 1. The van der Waals surface area contributed by atoms with Crippen molar-refractivity contribution in [3.05, 3.63) is 29.3 Å². The molecule has 1 saturated heterocycles. The first-order valence-corrected chi connectivity index (χ1v) is 9.01. The monoisotopic (exact) mass is 332 g/mol. The molecule has 0 unspecified atom stereocenters. The number of nitrogens with one attached hydrogen (secondary N) is 1. The molecule has 132 valence electrons. The van der Waals surface area contributed by atoms with Gasteiger partial charge in [0.1, 0.15) is 0 Å². The van der Waals surface area contributed by atoms with Crippen molar-refractivity contribution in [1.82, 2.24) is 5.32 Å². The summed E-state index contributed by atoms with van der Waals surface area (Å²) >= 11 is 0. The maximum Gasteiger partial charge on any atom is 0.339 e. The van der Waals surface area contributed by atoms with Gasteiger partial charge in [0.15, 0.2) is 0 Å². The number of methoxy groups -OCH3 is 1. The lowest BCUT2D eigenvalue weighted by Gasteiger charge is -2.24. The first kappa shape index (κ1) is 17.2. The topological polar surface area (TPSA) is 50.8 Å². The summed E-state index contributed by atoms with van der Waals surface area (Å²) in [4.78, 5) is 14.6. The van der Waals surface area contributed by atoms with Crippen LogP contribution < -0.4 is 10.2 Å². The van der Waals surface area contributed by atoms with Gasteiger partial charge in [0.25, 0.3) is 0 Å². The molecule has 24 heavy (non-hydrogen) atoms. The Labute approximate surface area is 144 Å². The third-order valence-corrected chi connectivity index (χ3v) is 5.07. The Hall–Kier alpha value is -1.59. The van der Waals surface area contributed by atoms with E-state index in [-0.39, 0.29) is 11.5 Å². The second kappa shape index (κ2) is 7.53. The molecule has 5 heteroatoms. The SMILES string of the molecule is CCOCCNC1(c2ccc(N3CCCC3)c(C(=O)OC)c2)CC1. The zero-order chi connectivity index (χ0) is 17.0. The van der Waals surface area contributed by atoms with Gasteiger partial charge in [-0.1, -0.05) is 6.07 Å². The zero-order valence-corrected chi connectivity index (χ0v) is 14.8. The van der Waals surface area contributed by atoms with Gasteiger partial charge >= 0.3 is 5.97 Å². The van der Waals surface area contributed by atoms with E-state index in [1.165, 1.54) is 25.5 Å². The second-order valence-electron chi connectivity index (χ2n) is 6.62. The van der Waals surface area contributed by atoms with Crippen LogP contribution in [0.15, 0.2) is 18.2 Å².